The van der Waals surface area contributed by atoms with E-state index in [9.17, 15) is 4.79 Å². The van der Waals surface area contributed by atoms with Gasteiger partial charge in [-0.25, -0.2) is 0 Å². The second kappa shape index (κ2) is 5.21. The molecule has 1 heterocycles. The smallest absolute Gasteiger partial charge is 0.251 e. The highest BCUT2D eigenvalue weighted by atomic mass is 16.6. The van der Waals surface area contributed by atoms with E-state index in [1.807, 2.05) is 39.0 Å². The molecule has 1 aliphatic rings. The molecule has 18 heavy (non-hydrogen) atoms. The van der Waals surface area contributed by atoms with Crippen molar-refractivity contribution in [3.8, 4) is 0 Å². The van der Waals surface area contributed by atoms with Gasteiger partial charge in [0.2, 0.25) is 0 Å². The molecule has 1 N–H and O–H groups in total. The van der Waals surface area contributed by atoms with Gasteiger partial charge in [-0.3, -0.25) is 4.79 Å². The normalized spacial score (nSPS) is 18.2. The van der Waals surface area contributed by atoms with E-state index >= 15 is 0 Å². The largest absolute Gasteiger partial charge is 0.390 e. The predicted octanol–water partition coefficient (Wildman–Crippen LogP) is 2.20. The van der Waals surface area contributed by atoms with Crippen LogP contribution in [0.3, 0.4) is 0 Å². The van der Waals surface area contributed by atoms with Crippen LogP contribution in [0.4, 0.5) is 0 Å². The lowest BCUT2D eigenvalue weighted by Crippen LogP contribution is -2.32. The van der Waals surface area contributed by atoms with Gasteiger partial charge in [-0.15, -0.1) is 0 Å². The fourth-order valence-corrected chi connectivity index (χ4v) is 1.96. The molecule has 1 aromatic rings. The number of nitrogens with one attached hydrogen (secondary N) is 1. The maximum absolute atomic E-state index is 12.1. The van der Waals surface area contributed by atoms with Crippen molar-refractivity contribution in [1.82, 2.24) is 5.32 Å². The predicted molar refractivity (Wildman–Crippen MR) is 70.8 cm³/mol. The van der Waals surface area contributed by atoms with Crippen molar-refractivity contribution in [2.45, 2.75) is 33.3 Å². The lowest BCUT2D eigenvalue weighted by molar-refractivity contribution is 0.0753. The van der Waals surface area contributed by atoms with Crippen molar-refractivity contribution in [2.24, 2.45) is 5.16 Å². The van der Waals surface area contributed by atoms with Gasteiger partial charge in [0.25, 0.3) is 5.91 Å². The van der Waals surface area contributed by atoms with Gasteiger partial charge in [-0.05, 0) is 32.4 Å². The molecule has 0 spiro atoms. The van der Waals surface area contributed by atoms with Gasteiger partial charge in [-0.2, -0.15) is 0 Å². The van der Waals surface area contributed by atoms with Crippen molar-refractivity contribution in [3.05, 3.63) is 34.9 Å². The Labute approximate surface area is 107 Å². The van der Waals surface area contributed by atoms with Crippen LogP contribution in [0.5, 0.6) is 0 Å². The molecule has 0 fully saturated rings. The molecule has 0 unspecified atom stereocenters. The number of oxime groups is 1. The van der Waals surface area contributed by atoms with Crippen LogP contribution >= 0.6 is 0 Å². The number of hydrogen-bond acceptors (Lipinski definition) is 3. The van der Waals surface area contributed by atoms with E-state index in [0.717, 1.165) is 28.8 Å². The molecule has 1 atom stereocenters. The van der Waals surface area contributed by atoms with Crippen LogP contribution in [-0.2, 0) is 4.84 Å². The SMILES string of the molecule is CC1=NO[C@H](CNC(=O)c2cc(C)ccc2C)C1. The molecule has 0 saturated heterocycles. The Kier molecular flexibility index (Phi) is 3.65. The van der Waals surface area contributed by atoms with E-state index < -0.39 is 0 Å². The Bertz CT molecular complexity index is 495. The zero-order valence-electron chi connectivity index (χ0n) is 11.0. The molecular weight excluding hydrogens is 228 g/mol. The highest BCUT2D eigenvalue weighted by Crippen LogP contribution is 2.12. The number of hydrogen-bond donors (Lipinski definition) is 1. The van der Waals surface area contributed by atoms with E-state index in [2.05, 4.69) is 10.5 Å². The molecule has 1 amide bonds. The number of rotatable bonds is 3. The summed E-state index contributed by atoms with van der Waals surface area (Å²) in [5, 5.41) is 6.76. The van der Waals surface area contributed by atoms with E-state index in [1.165, 1.54) is 0 Å². The Morgan fingerprint density at radius 2 is 2.22 bits per heavy atom. The van der Waals surface area contributed by atoms with Crippen LogP contribution in [0.25, 0.3) is 0 Å². The van der Waals surface area contributed by atoms with Crippen molar-refractivity contribution in [3.63, 3.8) is 0 Å². The molecule has 4 heteroatoms. The van der Waals surface area contributed by atoms with Gasteiger partial charge < -0.3 is 10.2 Å². The van der Waals surface area contributed by atoms with Gasteiger partial charge in [0, 0.05) is 12.0 Å². The minimum atomic E-state index is -0.0515. The first-order valence-corrected chi connectivity index (χ1v) is 6.11. The fraction of sp³-hybridized carbons (Fsp3) is 0.429. The minimum absolute atomic E-state index is 0.0286. The number of nitrogens with zero attached hydrogens (tertiary/aromatic N) is 1. The topological polar surface area (TPSA) is 50.7 Å². The molecule has 0 bridgehead atoms. The number of benzene rings is 1. The maximum Gasteiger partial charge on any atom is 0.251 e. The van der Waals surface area contributed by atoms with Crippen molar-refractivity contribution in [1.29, 1.82) is 0 Å². The Morgan fingerprint density at radius 3 is 2.89 bits per heavy atom. The summed E-state index contributed by atoms with van der Waals surface area (Å²) in [5.41, 5.74) is 3.77. The van der Waals surface area contributed by atoms with Crippen LogP contribution in [0.2, 0.25) is 0 Å². The van der Waals surface area contributed by atoms with E-state index in [-0.39, 0.29) is 12.0 Å². The molecule has 1 aliphatic heterocycles. The molecule has 0 aromatic heterocycles. The van der Waals surface area contributed by atoms with Crippen LogP contribution in [0.1, 0.15) is 34.8 Å². The summed E-state index contributed by atoms with van der Waals surface area (Å²) in [6, 6.07) is 5.87. The highest BCUT2D eigenvalue weighted by Gasteiger charge is 2.19. The maximum atomic E-state index is 12.1. The molecule has 4 nitrogen and oxygen atoms in total. The molecule has 96 valence electrons. The third-order valence-corrected chi connectivity index (χ3v) is 3.01. The summed E-state index contributed by atoms with van der Waals surface area (Å²) < 4.78 is 0. The second-order valence-corrected chi connectivity index (χ2v) is 4.79. The van der Waals surface area contributed by atoms with Crippen LogP contribution in [0.15, 0.2) is 23.4 Å². The Morgan fingerprint density at radius 1 is 1.44 bits per heavy atom. The molecule has 2 rings (SSSR count). The highest BCUT2D eigenvalue weighted by molar-refractivity contribution is 5.95. The second-order valence-electron chi connectivity index (χ2n) is 4.79. The number of amides is 1. The Balaban J connectivity index is 1.94. The molecular formula is C14H18N2O2. The lowest BCUT2D eigenvalue weighted by Gasteiger charge is -2.11. The van der Waals surface area contributed by atoms with Crippen LogP contribution < -0.4 is 5.32 Å². The first-order valence-electron chi connectivity index (χ1n) is 6.11. The third-order valence-electron chi connectivity index (χ3n) is 3.01. The number of carbonyl (C=O) groups excluding carboxylic acids is 1. The summed E-state index contributed by atoms with van der Waals surface area (Å²) in [5.74, 6) is -0.0515. The summed E-state index contributed by atoms with van der Waals surface area (Å²) in [6.07, 6.45) is 0.756. The summed E-state index contributed by atoms with van der Waals surface area (Å²) >= 11 is 0. The van der Waals surface area contributed by atoms with Crippen molar-refractivity contribution >= 4 is 11.6 Å². The summed E-state index contributed by atoms with van der Waals surface area (Å²) in [4.78, 5) is 17.2. The zero-order chi connectivity index (χ0) is 13.1. The van der Waals surface area contributed by atoms with Gasteiger partial charge in [0.15, 0.2) is 0 Å². The molecule has 0 aliphatic carbocycles. The molecule has 0 saturated carbocycles. The quantitative estimate of drug-likeness (QED) is 0.888. The van der Waals surface area contributed by atoms with Gasteiger partial charge in [0.1, 0.15) is 6.10 Å². The van der Waals surface area contributed by atoms with Crippen LogP contribution in [-0.4, -0.2) is 24.3 Å². The average molecular weight is 246 g/mol. The van der Waals surface area contributed by atoms with Gasteiger partial charge in [0.05, 0.1) is 12.3 Å². The van der Waals surface area contributed by atoms with E-state index in [4.69, 9.17) is 4.84 Å². The zero-order valence-corrected chi connectivity index (χ0v) is 11.0. The van der Waals surface area contributed by atoms with Crippen molar-refractivity contribution < 1.29 is 9.63 Å². The first-order chi connectivity index (χ1) is 8.56. The van der Waals surface area contributed by atoms with E-state index in [1.54, 1.807) is 0 Å². The van der Waals surface area contributed by atoms with Crippen LogP contribution in [0, 0.1) is 13.8 Å². The number of carbonyl (C=O) groups is 1. The summed E-state index contributed by atoms with van der Waals surface area (Å²) in [7, 11) is 0. The lowest BCUT2D eigenvalue weighted by atomic mass is 10.0. The van der Waals surface area contributed by atoms with Gasteiger partial charge in [-0.1, -0.05) is 22.9 Å². The summed E-state index contributed by atoms with van der Waals surface area (Å²) in [6.45, 7) is 6.33. The monoisotopic (exact) mass is 246 g/mol. The number of aryl methyl sites for hydroxylation is 2. The Hall–Kier alpha value is -1.84. The third kappa shape index (κ3) is 2.88. The van der Waals surface area contributed by atoms with E-state index in [0.29, 0.717) is 6.54 Å². The standard InChI is InChI=1S/C14H18N2O2/c1-9-4-5-10(2)13(6-9)14(17)15-8-12-7-11(3)16-18-12/h4-6,12H,7-8H2,1-3H3,(H,15,17)/t12-/m0/s1. The molecule has 1 aromatic carbocycles. The van der Waals surface area contributed by atoms with Crippen molar-refractivity contribution in [2.75, 3.05) is 6.54 Å². The first kappa shape index (κ1) is 12.6. The fourth-order valence-electron chi connectivity index (χ4n) is 1.96. The minimum Gasteiger partial charge on any atom is -0.390 e. The molecule has 0 radical (unpaired) electrons. The van der Waals surface area contributed by atoms with Gasteiger partial charge >= 0.3 is 0 Å². The average Bonchev–Trinajstić information content (AvgIpc) is 2.75.